The molecule has 2 N–H and O–H groups in total. The quantitative estimate of drug-likeness (QED) is 0.726. The largest absolute Gasteiger partial charge is 0.481 e. The van der Waals surface area contributed by atoms with E-state index in [1.165, 1.54) is 16.9 Å². The Kier molecular flexibility index (Phi) is 8.47. The van der Waals surface area contributed by atoms with E-state index in [0.717, 1.165) is 6.42 Å². The van der Waals surface area contributed by atoms with E-state index < -0.39 is 5.97 Å². The van der Waals surface area contributed by atoms with Crippen LogP contribution in [0.5, 0.6) is 0 Å². The number of carboxylic acids is 1. The van der Waals surface area contributed by atoms with E-state index in [1.54, 1.807) is 7.05 Å². The Morgan fingerprint density at radius 3 is 2.52 bits per heavy atom. The van der Waals surface area contributed by atoms with Crippen LogP contribution in [0.2, 0.25) is 0 Å². The molecule has 0 aliphatic rings. The van der Waals surface area contributed by atoms with Gasteiger partial charge in [-0.25, -0.2) is 0 Å². The summed E-state index contributed by atoms with van der Waals surface area (Å²) in [6.07, 6.45) is 1.01. The van der Waals surface area contributed by atoms with Crippen LogP contribution in [0.1, 0.15) is 33.7 Å². The van der Waals surface area contributed by atoms with Gasteiger partial charge in [-0.3, -0.25) is 14.5 Å². The molecule has 25 heavy (non-hydrogen) atoms. The van der Waals surface area contributed by atoms with Crippen molar-refractivity contribution >= 4 is 41.3 Å². The highest BCUT2D eigenvalue weighted by atomic mass is 35.5. The highest BCUT2D eigenvalue weighted by Gasteiger charge is 2.14. The zero-order valence-corrected chi connectivity index (χ0v) is 15.7. The predicted molar refractivity (Wildman–Crippen MR) is 99.5 cm³/mol. The van der Waals surface area contributed by atoms with E-state index in [9.17, 15) is 9.59 Å². The molecular formula is C16H21ClN4O3S. The first-order valence-electron chi connectivity index (χ1n) is 7.61. The van der Waals surface area contributed by atoms with E-state index in [-0.39, 0.29) is 29.7 Å². The fourth-order valence-electron chi connectivity index (χ4n) is 2.01. The molecule has 0 saturated carbocycles. The van der Waals surface area contributed by atoms with Gasteiger partial charge in [0.05, 0.1) is 13.0 Å². The summed E-state index contributed by atoms with van der Waals surface area (Å²) in [5.74, 6) is -1.13. The number of benzene rings is 1. The molecule has 0 unspecified atom stereocenters. The van der Waals surface area contributed by atoms with E-state index in [2.05, 4.69) is 22.4 Å². The summed E-state index contributed by atoms with van der Waals surface area (Å²) in [6.45, 7) is 2.95. The number of carbonyl (C=O) groups excluding carboxylic acids is 1. The van der Waals surface area contributed by atoms with Gasteiger partial charge in [0.15, 0.2) is 0 Å². The molecule has 0 bridgehead atoms. The highest BCUT2D eigenvalue weighted by Crippen LogP contribution is 2.15. The van der Waals surface area contributed by atoms with E-state index in [0.29, 0.717) is 23.8 Å². The molecule has 9 heteroatoms. The van der Waals surface area contributed by atoms with Crippen molar-refractivity contribution in [1.29, 1.82) is 0 Å². The number of nitrogens with one attached hydrogen (secondary N) is 1. The number of rotatable bonds is 8. The summed E-state index contributed by atoms with van der Waals surface area (Å²) in [4.78, 5) is 24.6. The third kappa shape index (κ3) is 6.77. The molecule has 2 aromatic rings. The van der Waals surface area contributed by atoms with Crippen LogP contribution in [0.4, 0.5) is 5.69 Å². The van der Waals surface area contributed by atoms with Crippen molar-refractivity contribution in [3.05, 3.63) is 39.8 Å². The molecule has 2 rings (SSSR count). The van der Waals surface area contributed by atoms with E-state index in [1.807, 2.05) is 29.2 Å². The normalized spacial score (nSPS) is 10.4. The minimum atomic E-state index is -0.840. The second-order valence-corrected chi connectivity index (χ2v) is 6.45. The third-order valence-corrected chi connectivity index (χ3v) is 4.30. The number of anilines is 1. The molecule has 136 valence electrons. The molecule has 0 aliphatic heterocycles. The van der Waals surface area contributed by atoms with Crippen molar-refractivity contribution in [3.8, 4) is 0 Å². The average molecular weight is 385 g/mol. The fourth-order valence-corrected chi connectivity index (χ4v) is 2.83. The molecule has 0 fully saturated rings. The number of aromatic nitrogens is 2. The number of halogens is 1. The van der Waals surface area contributed by atoms with Gasteiger partial charge in [0, 0.05) is 12.2 Å². The number of carbonyl (C=O) groups is 2. The Hall–Kier alpha value is -2.03. The number of nitrogens with zero attached hydrogens (tertiary/aromatic N) is 3. The van der Waals surface area contributed by atoms with Gasteiger partial charge < -0.3 is 10.4 Å². The molecule has 0 spiro atoms. The van der Waals surface area contributed by atoms with Crippen molar-refractivity contribution in [1.82, 2.24) is 15.1 Å². The van der Waals surface area contributed by atoms with Gasteiger partial charge in [0.2, 0.25) is 5.01 Å². The van der Waals surface area contributed by atoms with Gasteiger partial charge in [-0.2, -0.15) is 0 Å². The standard InChI is InChI=1S/C16H20N4O3S.ClH/c1-3-11-4-6-12(7-5-11)17-15(23)16-19-18-13(24-16)10-20(2)9-8-14(21)22;/h4-7H,3,8-10H2,1-2H3,(H,17,23)(H,21,22);1H. The van der Waals surface area contributed by atoms with Crippen LogP contribution >= 0.6 is 23.7 Å². The maximum Gasteiger partial charge on any atom is 0.304 e. The van der Waals surface area contributed by atoms with Gasteiger partial charge in [-0.1, -0.05) is 30.4 Å². The fraction of sp³-hybridized carbons (Fsp3) is 0.375. The van der Waals surface area contributed by atoms with E-state index in [4.69, 9.17) is 5.11 Å². The first-order chi connectivity index (χ1) is 11.5. The zero-order chi connectivity index (χ0) is 17.5. The van der Waals surface area contributed by atoms with Crippen molar-refractivity contribution in [2.45, 2.75) is 26.3 Å². The highest BCUT2D eigenvalue weighted by molar-refractivity contribution is 7.13. The minimum absolute atomic E-state index is 0. The maximum atomic E-state index is 12.2. The summed E-state index contributed by atoms with van der Waals surface area (Å²) in [7, 11) is 1.80. The summed E-state index contributed by atoms with van der Waals surface area (Å²) in [5.41, 5.74) is 1.92. The smallest absolute Gasteiger partial charge is 0.304 e. The molecule has 1 amide bonds. The van der Waals surface area contributed by atoms with Crippen molar-refractivity contribution in [2.24, 2.45) is 0 Å². The van der Waals surface area contributed by atoms with Crippen LogP contribution in [0.25, 0.3) is 0 Å². The Morgan fingerprint density at radius 1 is 1.24 bits per heavy atom. The van der Waals surface area contributed by atoms with Gasteiger partial charge in [0.25, 0.3) is 5.91 Å². The SMILES string of the molecule is CCc1ccc(NC(=O)c2nnc(CN(C)CCC(=O)O)s2)cc1.Cl. The lowest BCUT2D eigenvalue weighted by Crippen LogP contribution is -2.21. The molecule has 0 saturated heterocycles. The van der Waals surface area contributed by atoms with Gasteiger partial charge >= 0.3 is 5.97 Å². The Labute approximate surface area is 156 Å². The number of aliphatic carboxylic acids is 1. The van der Waals surface area contributed by atoms with Crippen LogP contribution in [0.3, 0.4) is 0 Å². The summed E-state index contributed by atoms with van der Waals surface area (Å²) >= 11 is 1.21. The Balaban J connectivity index is 0.00000312. The summed E-state index contributed by atoms with van der Waals surface area (Å²) in [5, 5.41) is 20.3. The Bertz CT molecular complexity index is 706. The second kappa shape index (κ2) is 10.1. The van der Waals surface area contributed by atoms with Crippen molar-refractivity contribution in [2.75, 3.05) is 18.9 Å². The number of amides is 1. The first-order valence-corrected chi connectivity index (χ1v) is 8.42. The van der Waals surface area contributed by atoms with Crippen LogP contribution in [-0.4, -0.2) is 45.7 Å². The molecule has 0 aliphatic carbocycles. The number of aryl methyl sites for hydroxylation is 1. The molecule has 1 aromatic heterocycles. The molecule has 0 atom stereocenters. The second-order valence-electron chi connectivity index (χ2n) is 5.39. The maximum absolute atomic E-state index is 12.2. The lowest BCUT2D eigenvalue weighted by Gasteiger charge is -2.12. The summed E-state index contributed by atoms with van der Waals surface area (Å²) in [6, 6.07) is 7.66. The molecule has 1 aromatic carbocycles. The van der Waals surface area contributed by atoms with Crippen LogP contribution in [0.15, 0.2) is 24.3 Å². The van der Waals surface area contributed by atoms with E-state index >= 15 is 0 Å². The lowest BCUT2D eigenvalue weighted by atomic mass is 10.1. The van der Waals surface area contributed by atoms with Crippen molar-refractivity contribution < 1.29 is 14.7 Å². The zero-order valence-electron chi connectivity index (χ0n) is 14.1. The molecule has 1 heterocycles. The summed E-state index contributed by atoms with van der Waals surface area (Å²) < 4.78 is 0. The van der Waals surface area contributed by atoms with Gasteiger partial charge in [0.1, 0.15) is 5.01 Å². The van der Waals surface area contributed by atoms with Crippen LogP contribution < -0.4 is 5.32 Å². The number of carboxylic acid groups (broad SMARTS) is 1. The first kappa shape index (κ1) is 21.0. The molecule has 7 nitrogen and oxygen atoms in total. The number of hydrogen-bond donors (Lipinski definition) is 2. The van der Waals surface area contributed by atoms with Crippen molar-refractivity contribution in [3.63, 3.8) is 0 Å². The predicted octanol–water partition coefficient (Wildman–Crippen LogP) is 2.68. The number of hydrogen-bond acceptors (Lipinski definition) is 6. The topological polar surface area (TPSA) is 95.4 Å². The van der Waals surface area contributed by atoms with Gasteiger partial charge in [-0.15, -0.1) is 22.6 Å². The molecule has 0 radical (unpaired) electrons. The Morgan fingerprint density at radius 2 is 1.92 bits per heavy atom. The average Bonchev–Trinajstić information content (AvgIpc) is 3.02. The van der Waals surface area contributed by atoms with Crippen LogP contribution in [-0.2, 0) is 17.8 Å². The molecular weight excluding hydrogens is 364 g/mol. The third-order valence-electron chi connectivity index (χ3n) is 3.39. The lowest BCUT2D eigenvalue weighted by molar-refractivity contribution is -0.137. The monoisotopic (exact) mass is 384 g/mol. The van der Waals surface area contributed by atoms with Crippen LogP contribution in [0, 0.1) is 0 Å². The van der Waals surface area contributed by atoms with Gasteiger partial charge in [-0.05, 0) is 31.2 Å². The minimum Gasteiger partial charge on any atom is -0.481 e.